The van der Waals surface area contributed by atoms with Gasteiger partial charge in [0, 0.05) is 0 Å². The number of carbonyl (C=O) groups is 2. The van der Waals surface area contributed by atoms with Gasteiger partial charge < -0.3 is 16.6 Å². The van der Waals surface area contributed by atoms with Crippen LogP contribution >= 0.6 is 0 Å². The average molecular weight is 398 g/mol. The number of aliphatic carboxylic acids is 1. The Morgan fingerprint density at radius 3 is 2.14 bits per heavy atom. The van der Waals surface area contributed by atoms with Gasteiger partial charge in [0.05, 0.1) is 18.1 Å². The van der Waals surface area contributed by atoms with Crippen molar-refractivity contribution in [3.63, 3.8) is 0 Å². The summed E-state index contributed by atoms with van der Waals surface area (Å²) in [4.78, 5) is 24.8. The third kappa shape index (κ3) is 7.09. The molecule has 1 unspecified atom stereocenters. The standard InChI is InChI=1S/C23H31N3O3/c24-15-7-12-20(25)22(29)23(26-17-21(27)28,16-19-10-5-2-6-11-19)14-13-18-8-3-1-4-9-18/h1-6,8-11,20,26H,7,12-17,24-25H2,(H,27,28)/t20-,23?/m1/s1. The molecule has 156 valence electrons. The van der Waals surface area contributed by atoms with E-state index >= 15 is 0 Å². The minimum atomic E-state index is -1.07. The largest absolute Gasteiger partial charge is 0.480 e. The molecule has 0 aliphatic carbocycles. The van der Waals surface area contributed by atoms with Crippen LogP contribution in [0.4, 0.5) is 0 Å². The maximum absolute atomic E-state index is 13.5. The van der Waals surface area contributed by atoms with Crippen LogP contribution in [0, 0.1) is 0 Å². The second-order valence-corrected chi connectivity index (χ2v) is 7.38. The Hall–Kier alpha value is -2.54. The molecular weight excluding hydrogens is 366 g/mol. The average Bonchev–Trinajstić information content (AvgIpc) is 2.75. The lowest BCUT2D eigenvalue weighted by atomic mass is 9.78. The van der Waals surface area contributed by atoms with Gasteiger partial charge in [-0.1, -0.05) is 60.7 Å². The third-order valence-corrected chi connectivity index (χ3v) is 5.14. The highest BCUT2D eigenvalue weighted by Crippen LogP contribution is 2.24. The maximum Gasteiger partial charge on any atom is 0.317 e. The molecule has 0 aromatic heterocycles. The molecule has 2 rings (SSSR count). The summed E-state index contributed by atoms with van der Waals surface area (Å²) in [5.74, 6) is -1.17. The van der Waals surface area contributed by atoms with Crippen LogP contribution in [-0.2, 0) is 22.4 Å². The third-order valence-electron chi connectivity index (χ3n) is 5.14. The van der Waals surface area contributed by atoms with E-state index in [9.17, 15) is 14.7 Å². The van der Waals surface area contributed by atoms with Crippen LogP contribution in [0.25, 0.3) is 0 Å². The Bertz CT molecular complexity index is 767. The van der Waals surface area contributed by atoms with Gasteiger partial charge in [0.15, 0.2) is 5.78 Å². The van der Waals surface area contributed by atoms with Gasteiger partial charge in [-0.2, -0.15) is 0 Å². The predicted octanol–water partition coefficient (Wildman–Crippen LogP) is 1.91. The number of aryl methyl sites for hydroxylation is 1. The first kappa shape index (κ1) is 22.7. The molecule has 29 heavy (non-hydrogen) atoms. The van der Waals surface area contributed by atoms with Crippen molar-refractivity contribution < 1.29 is 14.7 Å². The molecule has 2 atom stereocenters. The number of hydrogen-bond acceptors (Lipinski definition) is 5. The van der Waals surface area contributed by atoms with E-state index in [0.717, 1.165) is 11.1 Å². The van der Waals surface area contributed by atoms with Crippen molar-refractivity contribution in [3.05, 3.63) is 71.8 Å². The van der Waals surface area contributed by atoms with E-state index in [0.29, 0.717) is 38.6 Å². The number of nitrogens with one attached hydrogen (secondary N) is 1. The predicted molar refractivity (Wildman–Crippen MR) is 115 cm³/mol. The highest BCUT2D eigenvalue weighted by Gasteiger charge is 2.40. The number of Topliss-reactive ketones (excluding diaryl/α,β-unsaturated/α-hetero) is 1. The molecule has 2 aromatic rings. The van der Waals surface area contributed by atoms with Gasteiger partial charge in [-0.15, -0.1) is 0 Å². The fraction of sp³-hybridized carbons (Fsp3) is 0.391. The summed E-state index contributed by atoms with van der Waals surface area (Å²) in [6, 6.07) is 18.8. The Labute approximate surface area is 172 Å². The van der Waals surface area contributed by atoms with E-state index in [1.54, 1.807) is 0 Å². The molecule has 6 N–H and O–H groups in total. The van der Waals surface area contributed by atoms with Crippen molar-refractivity contribution in [2.45, 2.75) is 43.7 Å². The van der Waals surface area contributed by atoms with E-state index in [1.165, 1.54) is 0 Å². The van der Waals surface area contributed by atoms with Gasteiger partial charge in [0.1, 0.15) is 0 Å². The lowest BCUT2D eigenvalue weighted by Crippen LogP contribution is -2.60. The van der Waals surface area contributed by atoms with Crippen molar-refractivity contribution in [3.8, 4) is 0 Å². The van der Waals surface area contributed by atoms with Crippen LogP contribution in [0.15, 0.2) is 60.7 Å². The first-order chi connectivity index (χ1) is 14.0. The second kappa shape index (κ2) is 11.5. The Kier molecular flexibility index (Phi) is 8.99. The minimum absolute atomic E-state index is 0.160. The van der Waals surface area contributed by atoms with Gasteiger partial charge in [0.2, 0.25) is 0 Å². The van der Waals surface area contributed by atoms with Gasteiger partial charge in [-0.25, -0.2) is 0 Å². The Morgan fingerprint density at radius 1 is 1.00 bits per heavy atom. The monoisotopic (exact) mass is 397 g/mol. The fourth-order valence-electron chi connectivity index (χ4n) is 3.55. The number of carboxylic acid groups (broad SMARTS) is 1. The summed E-state index contributed by atoms with van der Waals surface area (Å²) in [6.07, 6.45) is 2.59. The van der Waals surface area contributed by atoms with Crippen LogP contribution in [0.3, 0.4) is 0 Å². The van der Waals surface area contributed by atoms with Crippen molar-refractivity contribution in [2.24, 2.45) is 11.5 Å². The molecule has 0 radical (unpaired) electrons. The number of carboxylic acids is 1. The van der Waals surface area contributed by atoms with Crippen molar-refractivity contribution >= 4 is 11.8 Å². The van der Waals surface area contributed by atoms with Crippen molar-refractivity contribution in [1.29, 1.82) is 0 Å². The zero-order valence-electron chi connectivity index (χ0n) is 16.7. The van der Waals surface area contributed by atoms with E-state index in [1.807, 2.05) is 60.7 Å². The smallest absolute Gasteiger partial charge is 0.317 e. The maximum atomic E-state index is 13.5. The number of carbonyl (C=O) groups excluding carboxylic acids is 1. The quantitative estimate of drug-likeness (QED) is 0.410. The first-order valence-corrected chi connectivity index (χ1v) is 10.0. The van der Waals surface area contributed by atoms with Crippen molar-refractivity contribution in [1.82, 2.24) is 5.32 Å². The SMILES string of the molecule is NCCC[C@@H](N)C(=O)C(CCc1ccccc1)(Cc1ccccc1)NCC(=O)O. The summed E-state index contributed by atoms with van der Waals surface area (Å²) < 4.78 is 0. The van der Waals surface area contributed by atoms with Crippen LogP contribution in [0.5, 0.6) is 0 Å². The zero-order valence-corrected chi connectivity index (χ0v) is 16.7. The highest BCUT2D eigenvalue weighted by molar-refractivity contribution is 5.93. The summed E-state index contributed by atoms with van der Waals surface area (Å²) in [7, 11) is 0. The van der Waals surface area contributed by atoms with Gasteiger partial charge >= 0.3 is 5.97 Å². The zero-order chi connectivity index (χ0) is 21.1. The lowest BCUT2D eigenvalue weighted by Gasteiger charge is -2.36. The number of rotatable bonds is 13. The molecule has 2 aromatic carbocycles. The summed E-state index contributed by atoms with van der Waals surface area (Å²) in [5.41, 5.74) is 12.8. The summed E-state index contributed by atoms with van der Waals surface area (Å²) in [6.45, 7) is 0.149. The second-order valence-electron chi connectivity index (χ2n) is 7.38. The first-order valence-electron chi connectivity index (χ1n) is 10.0. The summed E-state index contributed by atoms with van der Waals surface area (Å²) in [5, 5.41) is 12.3. The molecular formula is C23H31N3O3. The minimum Gasteiger partial charge on any atom is -0.480 e. The number of hydrogen-bond donors (Lipinski definition) is 4. The molecule has 0 saturated heterocycles. The molecule has 0 bridgehead atoms. The topological polar surface area (TPSA) is 118 Å². The highest BCUT2D eigenvalue weighted by atomic mass is 16.4. The normalized spacial score (nSPS) is 14.1. The number of nitrogens with two attached hydrogens (primary N) is 2. The number of ketones is 1. The molecule has 0 amide bonds. The Balaban J connectivity index is 2.35. The lowest BCUT2D eigenvalue weighted by molar-refractivity contribution is -0.137. The van der Waals surface area contributed by atoms with E-state index in [-0.39, 0.29) is 12.3 Å². The van der Waals surface area contributed by atoms with Crippen LogP contribution < -0.4 is 16.8 Å². The number of benzene rings is 2. The molecule has 0 aliphatic heterocycles. The van der Waals surface area contributed by atoms with Crippen LogP contribution in [0.1, 0.15) is 30.4 Å². The molecule has 0 spiro atoms. The van der Waals surface area contributed by atoms with E-state index in [2.05, 4.69) is 5.32 Å². The van der Waals surface area contributed by atoms with Crippen LogP contribution in [0.2, 0.25) is 0 Å². The molecule has 6 heteroatoms. The van der Waals surface area contributed by atoms with E-state index in [4.69, 9.17) is 11.5 Å². The van der Waals surface area contributed by atoms with Crippen LogP contribution in [-0.4, -0.2) is 41.5 Å². The Morgan fingerprint density at radius 2 is 1.59 bits per heavy atom. The molecule has 0 aliphatic rings. The molecule has 6 nitrogen and oxygen atoms in total. The van der Waals surface area contributed by atoms with Crippen molar-refractivity contribution in [2.75, 3.05) is 13.1 Å². The van der Waals surface area contributed by atoms with Gasteiger partial charge in [-0.05, 0) is 49.8 Å². The van der Waals surface area contributed by atoms with Gasteiger partial charge in [0.25, 0.3) is 0 Å². The fourth-order valence-corrected chi connectivity index (χ4v) is 3.55. The molecule has 0 heterocycles. The van der Waals surface area contributed by atoms with E-state index < -0.39 is 17.6 Å². The summed E-state index contributed by atoms with van der Waals surface area (Å²) >= 11 is 0. The van der Waals surface area contributed by atoms with Gasteiger partial charge in [-0.3, -0.25) is 14.9 Å². The molecule has 0 fully saturated rings. The molecule has 0 saturated carbocycles.